The van der Waals surface area contributed by atoms with Gasteiger partial charge in [-0.1, -0.05) is 12.1 Å². The van der Waals surface area contributed by atoms with Gasteiger partial charge in [0.25, 0.3) is 5.69 Å². The average Bonchev–Trinajstić information content (AvgIpc) is 2.55. The normalized spacial score (nSPS) is 11.4. The average molecular weight is 339 g/mol. The van der Waals surface area contributed by atoms with Crippen LogP contribution in [0.5, 0.6) is 5.75 Å². The van der Waals surface area contributed by atoms with Gasteiger partial charge in [0.1, 0.15) is 5.75 Å². The minimum absolute atomic E-state index is 0. The largest absolute Gasteiger partial charge is 0.497 e. The van der Waals surface area contributed by atoms with E-state index in [9.17, 15) is 15.2 Å². The number of hydrogen-bond acceptors (Lipinski definition) is 5. The highest BCUT2D eigenvalue weighted by Crippen LogP contribution is 2.17. The summed E-state index contributed by atoms with van der Waals surface area (Å²) in [5.41, 5.74) is 1.71. The molecule has 0 amide bonds. The van der Waals surface area contributed by atoms with Gasteiger partial charge in [0.05, 0.1) is 18.1 Å². The Hall–Kier alpha value is -2.15. The third-order valence-electron chi connectivity index (χ3n) is 3.29. The summed E-state index contributed by atoms with van der Waals surface area (Å²) < 4.78 is 5.15. The molecule has 0 fully saturated rings. The van der Waals surface area contributed by atoms with E-state index in [0.29, 0.717) is 18.7 Å². The number of aliphatic hydroxyl groups excluding tert-OH is 1. The van der Waals surface area contributed by atoms with Crippen LogP contribution in [0, 0.1) is 10.1 Å². The standard InChI is InChI=1S/C16H18N2O4.ClH/c1-22-15-4-2-3-12(9-15)10-17-11-16(19)13-5-7-14(8-6-13)18(20)21;/h2-9,16-17,19H,10-11H2,1H3;1H. The number of halogens is 1. The molecule has 0 bridgehead atoms. The van der Waals surface area contributed by atoms with Crippen molar-refractivity contribution in [2.45, 2.75) is 12.6 Å². The summed E-state index contributed by atoms with van der Waals surface area (Å²) in [6.45, 7) is 0.955. The second-order valence-corrected chi connectivity index (χ2v) is 4.85. The first-order chi connectivity index (χ1) is 10.6. The zero-order valence-corrected chi connectivity index (χ0v) is 13.5. The van der Waals surface area contributed by atoms with Crippen LogP contribution in [-0.4, -0.2) is 23.7 Å². The van der Waals surface area contributed by atoms with Gasteiger partial charge in [-0.3, -0.25) is 10.1 Å². The zero-order valence-electron chi connectivity index (χ0n) is 12.6. The maximum atomic E-state index is 10.6. The van der Waals surface area contributed by atoms with Gasteiger partial charge in [-0.2, -0.15) is 0 Å². The number of hydrogen-bond donors (Lipinski definition) is 2. The molecule has 2 aromatic carbocycles. The Balaban J connectivity index is 0.00000264. The van der Waals surface area contributed by atoms with E-state index in [-0.39, 0.29) is 18.1 Å². The lowest BCUT2D eigenvalue weighted by atomic mass is 10.1. The molecule has 0 heterocycles. The smallest absolute Gasteiger partial charge is 0.269 e. The number of nitrogens with one attached hydrogen (secondary N) is 1. The lowest BCUT2D eigenvalue weighted by molar-refractivity contribution is -0.384. The van der Waals surface area contributed by atoms with Crippen molar-refractivity contribution in [3.8, 4) is 5.75 Å². The minimum atomic E-state index is -0.716. The molecular formula is C16H19ClN2O4. The van der Waals surface area contributed by atoms with Crippen molar-refractivity contribution in [1.29, 1.82) is 0 Å². The molecule has 124 valence electrons. The summed E-state index contributed by atoms with van der Waals surface area (Å²) in [6, 6.07) is 13.6. The molecule has 0 spiro atoms. The molecule has 0 saturated heterocycles. The van der Waals surface area contributed by atoms with Crippen molar-refractivity contribution in [3.63, 3.8) is 0 Å². The van der Waals surface area contributed by atoms with Crippen LogP contribution in [0.15, 0.2) is 48.5 Å². The number of nitro groups is 1. The molecule has 0 aliphatic rings. The molecule has 0 aliphatic carbocycles. The van der Waals surface area contributed by atoms with E-state index >= 15 is 0 Å². The first-order valence-corrected chi connectivity index (χ1v) is 6.86. The van der Waals surface area contributed by atoms with Gasteiger partial charge < -0.3 is 15.2 Å². The molecular weight excluding hydrogens is 320 g/mol. The van der Waals surface area contributed by atoms with Crippen molar-refractivity contribution in [1.82, 2.24) is 5.32 Å². The molecule has 2 N–H and O–H groups in total. The number of rotatable bonds is 7. The molecule has 1 unspecified atom stereocenters. The van der Waals surface area contributed by atoms with E-state index in [2.05, 4.69) is 5.32 Å². The van der Waals surface area contributed by atoms with E-state index in [1.807, 2.05) is 24.3 Å². The van der Waals surface area contributed by atoms with Gasteiger partial charge in [0, 0.05) is 25.2 Å². The number of methoxy groups -OCH3 is 1. The monoisotopic (exact) mass is 338 g/mol. The van der Waals surface area contributed by atoms with Crippen LogP contribution >= 0.6 is 12.4 Å². The number of nitro benzene ring substituents is 1. The lowest BCUT2D eigenvalue weighted by Gasteiger charge is -2.12. The molecule has 0 radical (unpaired) electrons. The first-order valence-electron chi connectivity index (χ1n) is 6.86. The maximum Gasteiger partial charge on any atom is 0.269 e. The summed E-state index contributed by atoms with van der Waals surface area (Å²) in [4.78, 5) is 10.1. The van der Waals surface area contributed by atoms with Crippen LogP contribution in [0.3, 0.4) is 0 Å². The topological polar surface area (TPSA) is 84.6 Å². The summed E-state index contributed by atoms with van der Waals surface area (Å²) in [6.07, 6.45) is -0.716. The molecule has 6 nitrogen and oxygen atoms in total. The highest BCUT2D eigenvalue weighted by atomic mass is 35.5. The van der Waals surface area contributed by atoms with Crippen LogP contribution in [-0.2, 0) is 6.54 Å². The predicted octanol–water partition coefficient (Wildman–Crippen LogP) is 2.85. The van der Waals surface area contributed by atoms with Crippen LogP contribution in [0.1, 0.15) is 17.2 Å². The first kappa shape index (κ1) is 18.9. The molecule has 23 heavy (non-hydrogen) atoms. The van der Waals surface area contributed by atoms with Gasteiger partial charge in [0.2, 0.25) is 0 Å². The van der Waals surface area contributed by atoms with Crippen molar-refractivity contribution in [2.75, 3.05) is 13.7 Å². The third kappa shape index (κ3) is 5.52. The summed E-state index contributed by atoms with van der Waals surface area (Å²) >= 11 is 0. The Morgan fingerprint density at radius 1 is 1.26 bits per heavy atom. The Morgan fingerprint density at radius 2 is 1.96 bits per heavy atom. The lowest BCUT2D eigenvalue weighted by Crippen LogP contribution is -2.21. The fourth-order valence-electron chi connectivity index (χ4n) is 2.07. The number of benzene rings is 2. The van der Waals surface area contributed by atoms with Crippen LogP contribution in [0.25, 0.3) is 0 Å². The highest BCUT2D eigenvalue weighted by molar-refractivity contribution is 5.85. The number of aliphatic hydroxyl groups is 1. The van der Waals surface area contributed by atoms with E-state index in [1.54, 1.807) is 19.2 Å². The fraction of sp³-hybridized carbons (Fsp3) is 0.250. The van der Waals surface area contributed by atoms with Crippen molar-refractivity contribution >= 4 is 18.1 Å². The Labute approximate surface area is 140 Å². The van der Waals surface area contributed by atoms with Gasteiger partial charge in [-0.05, 0) is 35.4 Å². The molecule has 7 heteroatoms. The maximum absolute atomic E-state index is 10.6. The van der Waals surface area contributed by atoms with Gasteiger partial charge in [-0.15, -0.1) is 12.4 Å². The molecule has 2 aromatic rings. The van der Waals surface area contributed by atoms with Crippen molar-refractivity contribution < 1.29 is 14.8 Å². The number of ether oxygens (including phenoxy) is 1. The predicted molar refractivity (Wildman–Crippen MR) is 90.0 cm³/mol. The number of nitrogens with zero attached hydrogens (tertiary/aromatic N) is 1. The summed E-state index contributed by atoms with van der Waals surface area (Å²) in [5, 5.41) is 23.8. The van der Waals surface area contributed by atoms with Crippen molar-refractivity contribution in [3.05, 3.63) is 69.8 Å². The Bertz CT molecular complexity index is 634. The third-order valence-corrected chi connectivity index (χ3v) is 3.29. The quantitative estimate of drug-likeness (QED) is 0.599. The van der Waals surface area contributed by atoms with Gasteiger partial charge in [0.15, 0.2) is 0 Å². The summed E-state index contributed by atoms with van der Waals surface area (Å²) in [5.74, 6) is 0.787. The van der Waals surface area contributed by atoms with Crippen LogP contribution < -0.4 is 10.1 Å². The van der Waals surface area contributed by atoms with Gasteiger partial charge >= 0.3 is 0 Å². The summed E-state index contributed by atoms with van der Waals surface area (Å²) in [7, 11) is 1.62. The van der Waals surface area contributed by atoms with Crippen LogP contribution in [0.4, 0.5) is 5.69 Å². The molecule has 1 atom stereocenters. The van der Waals surface area contributed by atoms with E-state index in [1.165, 1.54) is 12.1 Å². The Morgan fingerprint density at radius 3 is 2.57 bits per heavy atom. The highest BCUT2D eigenvalue weighted by Gasteiger charge is 2.10. The van der Waals surface area contributed by atoms with E-state index < -0.39 is 11.0 Å². The van der Waals surface area contributed by atoms with E-state index in [0.717, 1.165) is 11.3 Å². The Kier molecular flexibility index (Phi) is 7.47. The van der Waals surface area contributed by atoms with E-state index in [4.69, 9.17) is 4.74 Å². The SMILES string of the molecule is COc1cccc(CNCC(O)c2ccc([N+](=O)[O-])cc2)c1.Cl. The zero-order chi connectivity index (χ0) is 15.9. The molecule has 0 saturated carbocycles. The van der Waals surface area contributed by atoms with Crippen molar-refractivity contribution in [2.24, 2.45) is 0 Å². The fourth-order valence-corrected chi connectivity index (χ4v) is 2.07. The van der Waals surface area contributed by atoms with Crippen LogP contribution in [0.2, 0.25) is 0 Å². The molecule has 0 aromatic heterocycles. The second kappa shape index (κ2) is 9.09. The molecule has 2 rings (SSSR count). The van der Waals surface area contributed by atoms with Gasteiger partial charge in [-0.25, -0.2) is 0 Å². The second-order valence-electron chi connectivity index (χ2n) is 4.85. The molecule has 0 aliphatic heterocycles. The number of non-ortho nitro benzene ring substituents is 1. The minimum Gasteiger partial charge on any atom is -0.497 e.